The summed E-state index contributed by atoms with van der Waals surface area (Å²) in [6.45, 7) is 3.43. The number of aliphatic hydroxyl groups excluding tert-OH is 1. The number of ketones is 1. The fourth-order valence-electron chi connectivity index (χ4n) is 4.06. The van der Waals surface area contributed by atoms with Crippen LogP contribution in [0.25, 0.3) is 28.1 Å². The lowest BCUT2D eigenvalue weighted by Crippen LogP contribution is -2.18. The van der Waals surface area contributed by atoms with Gasteiger partial charge in [-0.1, -0.05) is 42.5 Å². The number of carbonyl (C=O) groups is 2. The highest BCUT2D eigenvalue weighted by atomic mass is 19.1. The molecular weight excluding hydrogens is 433 g/mol. The summed E-state index contributed by atoms with van der Waals surface area (Å²) in [5, 5.41) is 11.4. The first-order valence-electron chi connectivity index (χ1n) is 11.6. The van der Waals surface area contributed by atoms with E-state index in [2.05, 4.69) is 0 Å². The van der Waals surface area contributed by atoms with Gasteiger partial charge in [-0.15, -0.1) is 0 Å². The van der Waals surface area contributed by atoms with Gasteiger partial charge in [-0.2, -0.15) is 0 Å². The van der Waals surface area contributed by atoms with Gasteiger partial charge in [-0.05, 0) is 50.5 Å². The Morgan fingerprint density at radius 3 is 2.53 bits per heavy atom. The van der Waals surface area contributed by atoms with E-state index in [1.165, 1.54) is 12.1 Å². The number of esters is 1. The average molecular weight is 462 g/mol. The Hall–Kier alpha value is -3.38. The highest BCUT2D eigenvalue weighted by Gasteiger charge is 2.29. The molecule has 4 rings (SSSR count). The summed E-state index contributed by atoms with van der Waals surface area (Å²) in [6, 6.07) is 14.2. The van der Waals surface area contributed by atoms with Crippen molar-refractivity contribution in [3.8, 4) is 11.1 Å². The summed E-state index contributed by atoms with van der Waals surface area (Å²) < 4.78 is 18.6. The van der Waals surface area contributed by atoms with Crippen molar-refractivity contribution in [3.63, 3.8) is 0 Å². The SMILES string of the molecule is CC(C)OC(=O)CC(=O)C[C@H](O)C=Cc1c(C2CC2)nc2ccccc2c1-c1ccc(F)cc1. The fraction of sp³-hybridized carbons (Fsp3) is 0.321. The molecule has 0 spiro atoms. The lowest BCUT2D eigenvalue weighted by atomic mass is 9.92. The number of fused-ring (bicyclic) bond motifs is 1. The van der Waals surface area contributed by atoms with E-state index in [0.717, 1.165) is 46.1 Å². The first-order valence-corrected chi connectivity index (χ1v) is 11.6. The van der Waals surface area contributed by atoms with E-state index in [0.29, 0.717) is 5.92 Å². The Morgan fingerprint density at radius 1 is 1.15 bits per heavy atom. The molecule has 2 aromatic carbocycles. The Labute approximate surface area is 198 Å². The smallest absolute Gasteiger partial charge is 0.313 e. The minimum atomic E-state index is -1.06. The maximum Gasteiger partial charge on any atom is 0.313 e. The number of aliphatic hydroxyl groups is 1. The number of para-hydroxylation sites is 1. The van der Waals surface area contributed by atoms with Crippen LogP contribution in [-0.4, -0.2) is 34.1 Å². The number of Topliss-reactive ketones (excluding diaryl/α,β-unsaturated/α-hetero) is 1. The second kappa shape index (κ2) is 10.3. The molecule has 5 nitrogen and oxygen atoms in total. The number of pyridine rings is 1. The van der Waals surface area contributed by atoms with Crippen molar-refractivity contribution in [1.82, 2.24) is 4.98 Å². The van der Waals surface area contributed by atoms with Gasteiger partial charge in [0, 0.05) is 28.9 Å². The van der Waals surface area contributed by atoms with Gasteiger partial charge >= 0.3 is 5.97 Å². The molecule has 3 aromatic rings. The second-order valence-electron chi connectivity index (χ2n) is 8.97. The van der Waals surface area contributed by atoms with Crippen molar-refractivity contribution in [1.29, 1.82) is 0 Å². The molecule has 1 aliphatic carbocycles. The molecule has 34 heavy (non-hydrogen) atoms. The molecule has 1 aliphatic rings. The van der Waals surface area contributed by atoms with Gasteiger partial charge in [0.1, 0.15) is 18.0 Å². The van der Waals surface area contributed by atoms with Gasteiger partial charge in [0.05, 0.1) is 23.4 Å². The van der Waals surface area contributed by atoms with Crippen LogP contribution < -0.4 is 0 Å². The zero-order chi connectivity index (χ0) is 24.2. The van der Waals surface area contributed by atoms with E-state index in [-0.39, 0.29) is 30.5 Å². The molecule has 0 saturated heterocycles. The highest BCUT2D eigenvalue weighted by Crippen LogP contribution is 2.45. The van der Waals surface area contributed by atoms with E-state index in [1.54, 1.807) is 38.1 Å². The van der Waals surface area contributed by atoms with Crippen molar-refractivity contribution in [3.05, 3.63) is 71.7 Å². The largest absolute Gasteiger partial charge is 0.463 e. The predicted molar refractivity (Wildman–Crippen MR) is 130 cm³/mol. The molecule has 0 amide bonds. The van der Waals surface area contributed by atoms with Crippen molar-refractivity contribution in [2.45, 2.75) is 57.7 Å². The normalized spacial score (nSPS) is 14.6. The number of hydrogen-bond acceptors (Lipinski definition) is 5. The van der Waals surface area contributed by atoms with Crippen LogP contribution in [0.1, 0.15) is 56.7 Å². The van der Waals surface area contributed by atoms with Crippen molar-refractivity contribution in [2.24, 2.45) is 0 Å². The lowest BCUT2D eigenvalue weighted by molar-refractivity contribution is -0.149. The number of ether oxygens (including phenoxy) is 1. The molecule has 1 atom stereocenters. The monoisotopic (exact) mass is 461 g/mol. The van der Waals surface area contributed by atoms with E-state index in [4.69, 9.17) is 9.72 Å². The first-order chi connectivity index (χ1) is 16.3. The second-order valence-corrected chi connectivity index (χ2v) is 8.97. The summed E-state index contributed by atoms with van der Waals surface area (Å²) in [5.74, 6) is -0.968. The topological polar surface area (TPSA) is 76.5 Å². The van der Waals surface area contributed by atoms with Crippen molar-refractivity contribution in [2.75, 3.05) is 0 Å². The maximum absolute atomic E-state index is 13.6. The first kappa shape index (κ1) is 23.8. The standard InChI is InChI=1S/C28H28FNO4/c1-17(2)34-26(33)16-22(32)15-21(31)13-14-24-27(18-9-11-20(29)12-10-18)23-5-3-4-6-25(23)30-28(24)19-7-8-19/h3-6,9-14,17,19,21,31H,7-8,15-16H2,1-2H3/t21-/m1/s1. The number of nitrogens with zero attached hydrogens (tertiary/aromatic N) is 1. The summed E-state index contributed by atoms with van der Waals surface area (Å²) in [7, 11) is 0. The predicted octanol–water partition coefficient (Wildman–Crippen LogP) is 5.59. The summed E-state index contributed by atoms with van der Waals surface area (Å²) in [5.41, 5.74) is 4.43. The van der Waals surface area contributed by atoms with Gasteiger partial charge in [-0.3, -0.25) is 14.6 Å². The molecule has 6 heteroatoms. The van der Waals surface area contributed by atoms with E-state index in [9.17, 15) is 19.1 Å². The van der Waals surface area contributed by atoms with Gasteiger partial charge in [0.15, 0.2) is 0 Å². The highest BCUT2D eigenvalue weighted by molar-refractivity contribution is 5.99. The van der Waals surface area contributed by atoms with Crippen LogP contribution in [0.3, 0.4) is 0 Å². The van der Waals surface area contributed by atoms with E-state index in [1.807, 2.05) is 24.3 Å². The van der Waals surface area contributed by atoms with Crippen LogP contribution in [0.4, 0.5) is 4.39 Å². The van der Waals surface area contributed by atoms with Gasteiger partial charge in [0.25, 0.3) is 0 Å². The number of carbonyl (C=O) groups excluding carboxylic acids is 2. The summed E-state index contributed by atoms with van der Waals surface area (Å²) in [6.07, 6.45) is 3.54. The van der Waals surface area contributed by atoms with Crippen molar-refractivity contribution >= 4 is 28.7 Å². The Balaban J connectivity index is 1.67. The maximum atomic E-state index is 13.6. The van der Waals surface area contributed by atoms with Gasteiger partial charge in [-0.25, -0.2) is 4.39 Å². The van der Waals surface area contributed by atoms with Crippen LogP contribution in [-0.2, 0) is 14.3 Å². The third-order valence-corrected chi connectivity index (χ3v) is 5.69. The summed E-state index contributed by atoms with van der Waals surface area (Å²) >= 11 is 0. The molecule has 1 heterocycles. The number of rotatable bonds is 9. The Bertz CT molecular complexity index is 1230. The molecular formula is C28H28FNO4. The molecule has 1 N–H and O–H groups in total. The third kappa shape index (κ3) is 5.75. The zero-order valence-corrected chi connectivity index (χ0v) is 19.3. The van der Waals surface area contributed by atoms with Crippen molar-refractivity contribution < 1.29 is 23.8 Å². The molecule has 1 aromatic heterocycles. The van der Waals surface area contributed by atoms with E-state index >= 15 is 0 Å². The van der Waals surface area contributed by atoms with Gasteiger partial charge in [0.2, 0.25) is 0 Å². The number of hydrogen-bond donors (Lipinski definition) is 1. The molecule has 1 saturated carbocycles. The molecule has 1 fully saturated rings. The summed E-state index contributed by atoms with van der Waals surface area (Å²) in [4.78, 5) is 28.8. The molecule has 0 aliphatic heterocycles. The molecule has 0 bridgehead atoms. The van der Waals surface area contributed by atoms with Crippen LogP contribution in [0.5, 0.6) is 0 Å². The zero-order valence-electron chi connectivity index (χ0n) is 19.3. The van der Waals surface area contributed by atoms with Gasteiger partial charge < -0.3 is 9.84 Å². The fourth-order valence-corrected chi connectivity index (χ4v) is 4.06. The van der Waals surface area contributed by atoms with E-state index < -0.39 is 12.1 Å². The molecule has 0 radical (unpaired) electrons. The average Bonchev–Trinajstić information content (AvgIpc) is 3.62. The molecule has 176 valence electrons. The number of benzene rings is 2. The quantitative estimate of drug-likeness (QED) is 0.332. The molecule has 0 unspecified atom stereocenters. The van der Waals surface area contributed by atoms with Crippen LogP contribution in [0, 0.1) is 5.82 Å². The number of halogens is 1. The minimum Gasteiger partial charge on any atom is -0.463 e. The Morgan fingerprint density at radius 2 is 1.85 bits per heavy atom. The number of aromatic nitrogens is 1. The Kier molecular flexibility index (Phi) is 7.17. The third-order valence-electron chi connectivity index (χ3n) is 5.69. The van der Waals surface area contributed by atoms with Crippen LogP contribution >= 0.6 is 0 Å². The van der Waals surface area contributed by atoms with Crippen LogP contribution in [0.2, 0.25) is 0 Å². The minimum absolute atomic E-state index is 0.185. The lowest BCUT2D eigenvalue weighted by Gasteiger charge is -2.16. The van der Waals surface area contributed by atoms with Crippen LogP contribution in [0.15, 0.2) is 54.6 Å².